The maximum absolute atomic E-state index is 12.1. The Kier molecular flexibility index (Phi) is 7.86. The average molecular weight is 516 g/mol. The predicted octanol–water partition coefficient (Wildman–Crippen LogP) is 2.78. The Morgan fingerprint density at radius 3 is 2.11 bits per heavy atom. The number of nitrogens with zero attached hydrogens (tertiary/aromatic N) is 1. The van der Waals surface area contributed by atoms with Crippen LogP contribution in [0.4, 0.5) is 18.9 Å². The lowest BCUT2D eigenvalue weighted by atomic mass is 10.2. The summed E-state index contributed by atoms with van der Waals surface area (Å²) < 4.78 is 62.3. The molecule has 0 aromatic heterocycles. The van der Waals surface area contributed by atoms with Crippen LogP contribution < -0.4 is 20.9 Å². The molecular weight excluding hydrogens is 500 g/mol. The van der Waals surface area contributed by atoms with Crippen molar-refractivity contribution in [3.63, 3.8) is 0 Å². The molecule has 27 heavy (non-hydrogen) atoms. The number of nitrogens with two attached hydrogens (primary N) is 2. The third-order valence-corrected chi connectivity index (χ3v) is 3.97. The van der Waals surface area contributed by atoms with Crippen LogP contribution in [0.2, 0.25) is 0 Å². The molecule has 148 valence electrons. The lowest BCUT2D eigenvalue weighted by molar-refractivity contribution is -0.274. The smallest absolute Gasteiger partial charge is 0.406 e. The number of aliphatic imine (C=N–C) groups is 1. The fraction of sp³-hybridized carbons (Fsp3) is 0.133. The minimum absolute atomic E-state index is 0. The second kappa shape index (κ2) is 9.23. The summed E-state index contributed by atoms with van der Waals surface area (Å²) in [4.78, 5) is 4.04. The van der Waals surface area contributed by atoms with Gasteiger partial charge in [-0.1, -0.05) is 12.1 Å². The van der Waals surface area contributed by atoms with E-state index in [0.29, 0.717) is 11.3 Å². The molecule has 0 unspecified atom stereocenters. The van der Waals surface area contributed by atoms with E-state index in [1.807, 2.05) is 0 Å². The molecule has 0 spiro atoms. The van der Waals surface area contributed by atoms with Crippen LogP contribution in [0, 0.1) is 0 Å². The van der Waals surface area contributed by atoms with Crippen molar-refractivity contribution < 1.29 is 26.3 Å². The molecule has 0 radical (unpaired) electrons. The summed E-state index contributed by atoms with van der Waals surface area (Å²) in [6.07, 6.45) is -4.76. The van der Waals surface area contributed by atoms with Crippen LogP contribution >= 0.6 is 24.0 Å². The standard InChI is InChI=1S/C15H15F3N4O3S.HI/c16-15(17,18)25-12-5-3-11(4-6-12)22-14(19)21-9-10-1-7-13(8-2-10)26(20,23)24;/h1-8H,9H2,(H3,19,21,22)(H2,20,23,24);1H. The molecule has 5 N–H and O–H groups in total. The number of hydrogen-bond donors (Lipinski definition) is 3. The van der Waals surface area contributed by atoms with E-state index in [-0.39, 0.29) is 47.1 Å². The number of guanidine groups is 1. The van der Waals surface area contributed by atoms with Gasteiger partial charge in [-0.05, 0) is 42.0 Å². The van der Waals surface area contributed by atoms with Gasteiger partial charge >= 0.3 is 6.36 Å². The van der Waals surface area contributed by atoms with Crippen molar-refractivity contribution >= 4 is 45.6 Å². The Labute approximate surface area is 170 Å². The first-order valence-corrected chi connectivity index (χ1v) is 8.62. The molecule has 0 saturated heterocycles. The Morgan fingerprint density at radius 2 is 1.63 bits per heavy atom. The largest absolute Gasteiger partial charge is 0.573 e. The summed E-state index contributed by atoms with van der Waals surface area (Å²) in [5.41, 5.74) is 6.82. The van der Waals surface area contributed by atoms with Gasteiger partial charge in [-0.15, -0.1) is 37.1 Å². The highest BCUT2D eigenvalue weighted by atomic mass is 127. The van der Waals surface area contributed by atoms with Crippen LogP contribution in [-0.2, 0) is 16.6 Å². The van der Waals surface area contributed by atoms with E-state index in [1.54, 1.807) is 12.1 Å². The molecule has 0 aliphatic carbocycles. The molecule has 12 heteroatoms. The SMILES string of the molecule is I.NC(=NCc1ccc(S(N)(=O)=O)cc1)Nc1ccc(OC(F)(F)F)cc1. The van der Waals surface area contributed by atoms with Crippen molar-refractivity contribution in [2.45, 2.75) is 17.8 Å². The molecule has 7 nitrogen and oxygen atoms in total. The zero-order valence-electron chi connectivity index (χ0n) is 13.6. The Morgan fingerprint density at radius 1 is 1.07 bits per heavy atom. The van der Waals surface area contributed by atoms with Crippen molar-refractivity contribution in [1.82, 2.24) is 0 Å². The van der Waals surface area contributed by atoms with E-state index in [0.717, 1.165) is 12.1 Å². The zero-order valence-corrected chi connectivity index (χ0v) is 16.7. The summed E-state index contributed by atoms with van der Waals surface area (Å²) in [6.45, 7) is 0.166. The van der Waals surface area contributed by atoms with Gasteiger partial charge in [0.05, 0.1) is 11.4 Å². The average Bonchev–Trinajstić information content (AvgIpc) is 2.53. The zero-order chi connectivity index (χ0) is 19.4. The van der Waals surface area contributed by atoms with E-state index in [1.165, 1.54) is 24.3 Å². The van der Waals surface area contributed by atoms with Crippen molar-refractivity contribution in [3.05, 3.63) is 54.1 Å². The summed E-state index contributed by atoms with van der Waals surface area (Å²) in [7, 11) is -3.76. The Hall–Kier alpha value is -2.06. The van der Waals surface area contributed by atoms with Gasteiger partial charge in [0.2, 0.25) is 10.0 Å². The van der Waals surface area contributed by atoms with Crippen LogP contribution in [-0.4, -0.2) is 20.7 Å². The highest BCUT2D eigenvalue weighted by Crippen LogP contribution is 2.23. The lowest BCUT2D eigenvalue weighted by Gasteiger charge is -2.10. The number of benzene rings is 2. The summed E-state index contributed by atoms with van der Waals surface area (Å²) in [6, 6.07) is 10.8. The van der Waals surface area contributed by atoms with Crippen LogP contribution in [0.25, 0.3) is 0 Å². The number of rotatable bonds is 5. The summed E-state index contributed by atoms with van der Waals surface area (Å²) in [5, 5.41) is 7.72. The van der Waals surface area contributed by atoms with E-state index in [9.17, 15) is 21.6 Å². The molecule has 0 saturated carbocycles. The van der Waals surface area contributed by atoms with Crippen LogP contribution in [0.1, 0.15) is 5.56 Å². The van der Waals surface area contributed by atoms with Crippen LogP contribution in [0.5, 0.6) is 5.75 Å². The van der Waals surface area contributed by atoms with Gasteiger partial charge in [-0.3, -0.25) is 0 Å². The molecule has 0 bridgehead atoms. The van der Waals surface area contributed by atoms with E-state index in [2.05, 4.69) is 15.0 Å². The first kappa shape index (κ1) is 23.0. The van der Waals surface area contributed by atoms with Gasteiger partial charge in [0.25, 0.3) is 0 Å². The van der Waals surface area contributed by atoms with Crippen molar-refractivity contribution in [2.75, 3.05) is 5.32 Å². The molecule has 0 aliphatic rings. The molecule has 0 amide bonds. The first-order chi connectivity index (χ1) is 12.0. The van der Waals surface area contributed by atoms with Crippen molar-refractivity contribution in [2.24, 2.45) is 15.9 Å². The third-order valence-electron chi connectivity index (χ3n) is 3.04. The van der Waals surface area contributed by atoms with Crippen LogP contribution in [0.3, 0.4) is 0 Å². The minimum Gasteiger partial charge on any atom is -0.406 e. The van der Waals surface area contributed by atoms with Gasteiger partial charge in [-0.25, -0.2) is 18.5 Å². The molecule has 2 aromatic rings. The number of ether oxygens (including phenoxy) is 1. The van der Waals surface area contributed by atoms with Crippen molar-refractivity contribution in [3.8, 4) is 5.75 Å². The topological polar surface area (TPSA) is 120 Å². The van der Waals surface area contributed by atoms with Gasteiger partial charge in [-0.2, -0.15) is 0 Å². The maximum Gasteiger partial charge on any atom is 0.573 e. The highest BCUT2D eigenvalue weighted by Gasteiger charge is 2.30. The van der Waals surface area contributed by atoms with Gasteiger partial charge in [0.1, 0.15) is 5.75 Å². The first-order valence-electron chi connectivity index (χ1n) is 7.07. The fourth-order valence-corrected chi connectivity index (χ4v) is 2.40. The van der Waals surface area contributed by atoms with E-state index < -0.39 is 16.4 Å². The number of alkyl halides is 3. The summed E-state index contributed by atoms with van der Waals surface area (Å²) in [5.74, 6) is -0.321. The number of hydrogen-bond acceptors (Lipinski definition) is 4. The fourth-order valence-electron chi connectivity index (χ4n) is 1.89. The van der Waals surface area contributed by atoms with Gasteiger partial charge < -0.3 is 15.8 Å². The predicted molar refractivity (Wildman–Crippen MR) is 105 cm³/mol. The molecule has 0 fully saturated rings. The number of sulfonamides is 1. The normalized spacial score (nSPS) is 12.2. The second-order valence-corrected chi connectivity index (χ2v) is 6.65. The maximum atomic E-state index is 12.1. The van der Waals surface area contributed by atoms with Gasteiger partial charge in [0, 0.05) is 5.69 Å². The molecule has 0 heterocycles. The number of primary sulfonamides is 1. The minimum atomic E-state index is -4.76. The van der Waals surface area contributed by atoms with Crippen LogP contribution in [0.15, 0.2) is 58.4 Å². The number of nitrogens with one attached hydrogen (secondary N) is 1. The quantitative estimate of drug-likeness (QED) is 0.321. The highest BCUT2D eigenvalue weighted by molar-refractivity contribution is 14.0. The molecule has 2 aromatic carbocycles. The lowest BCUT2D eigenvalue weighted by Crippen LogP contribution is -2.22. The van der Waals surface area contributed by atoms with Crippen molar-refractivity contribution in [1.29, 1.82) is 0 Å². The number of halogens is 4. The van der Waals surface area contributed by atoms with Gasteiger partial charge in [0.15, 0.2) is 5.96 Å². The Balaban J connectivity index is 0.00000364. The molecular formula is C15H16F3IN4O3S. The monoisotopic (exact) mass is 516 g/mol. The van der Waals surface area contributed by atoms with E-state index >= 15 is 0 Å². The Bertz CT molecular complexity index is 886. The second-order valence-electron chi connectivity index (χ2n) is 5.09. The molecule has 0 atom stereocenters. The molecule has 0 aliphatic heterocycles. The molecule has 2 rings (SSSR count). The summed E-state index contributed by atoms with van der Waals surface area (Å²) >= 11 is 0. The van der Waals surface area contributed by atoms with E-state index in [4.69, 9.17) is 10.9 Å². The number of anilines is 1. The third kappa shape index (κ3) is 8.01.